The first-order chi connectivity index (χ1) is 12.1. The number of nitrogens with two attached hydrogens (primary N) is 1. The molecule has 5 heteroatoms. The number of nitrogens with zero attached hydrogens (tertiary/aromatic N) is 2. The summed E-state index contributed by atoms with van der Waals surface area (Å²) in [6, 6.07) is 10.6. The first-order valence-corrected chi connectivity index (χ1v) is 9.87. The van der Waals surface area contributed by atoms with Crippen LogP contribution in [0.1, 0.15) is 28.8 Å². The number of guanidine groups is 1. The van der Waals surface area contributed by atoms with Crippen LogP contribution in [-0.4, -0.2) is 30.5 Å². The first kappa shape index (κ1) is 18.0. The molecule has 25 heavy (non-hydrogen) atoms. The van der Waals surface area contributed by atoms with Crippen LogP contribution in [0.25, 0.3) is 0 Å². The van der Waals surface area contributed by atoms with Gasteiger partial charge in [0.2, 0.25) is 0 Å². The van der Waals surface area contributed by atoms with Crippen LogP contribution >= 0.6 is 11.3 Å². The summed E-state index contributed by atoms with van der Waals surface area (Å²) in [5.41, 5.74) is 9.62. The largest absolute Gasteiger partial charge is 0.370 e. The summed E-state index contributed by atoms with van der Waals surface area (Å²) in [4.78, 5) is 8.56. The highest BCUT2D eigenvalue weighted by Gasteiger charge is 2.19. The van der Waals surface area contributed by atoms with Crippen LogP contribution in [-0.2, 0) is 6.54 Å². The lowest BCUT2D eigenvalue weighted by molar-refractivity contribution is 0.182. The van der Waals surface area contributed by atoms with Gasteiger partial charge in [0.25, 0.3) is 0 Å². The molecule has 0 atom stereocenters. The molecule has 2 aromatic rings. The van der Waals surface area contributed by atoms with E-state index in [-0.39, 0.29) is 0 Å². The Kier molecular flexibility index (Phi) is 6.10. The second-order valence-electron chi connectivity index (χ2n) is 6.95. The van der Waals surface area contributed by atoms with Gasteiger partial charge in [0.05, 0.1) is 0 Å². The van der Waals surface area contributed by atoms with Crippen LogP contribution in [0.3, 0.4) is 0 Å². The monoisotopic (exact) mass is 356 g/mol. The topological polar surface area (TPSA) is 53.6 Å². The molecule has 0 radical (unpaired) electrons. The minimum atomic E-state index is 0.518. The van der Waals surface area contributed by atoms with Gasteiger partial charge in [-0.1, -0.05) is 12.1 Å². The average molecular weight is 357 g/mol. The van der Waals surface area contributed by atoms with Crippen LogP contribution in [0.4, 0.5) is 5.69 Å². The fourth-order valence-electron chi connectivity index (χ4n) is 3.18. The van der Waals surface area contributed by atoms with E-state index in [4.69, 9.17) is 5.73 Å². The van der Waals surface area contributed by atoms with E-state index in [0.717, 1.165) is 31.9 Å². The molecule has 1 aromatic carbocycles. The molecule has 4 nitrogen and oxygen atoms in total. The highest BCUT2D eigenvalue weighted by molar-refractivity contribution is 7.09. The van der Waals surface area contributed by atoms with Crippen molar-refractivity contribution in [3.63, 3.8) is 0 Å². The number of nitrogens with one attached hydrogen (secondary N) is 1. The molecule has 2 heterocycles. The predicted molar refractivity (Wildman–Crippen MR) is 108 cm³/mol. The smallest absolute Gasteiger partial charge is 0.193 e. The molecule has 1 saturated heterocycles. The minimum absolute atomic E-state index is 0.518. The first-order valence-electron chi connectivity index (χ1n) is 8.99. The van der Waals surface area contributed by atoms with Gasteiger partial charge in [-0.15, -0.1) is 11.3 Å². The van der Waals surface area contributed by atoms with E-state index in [1.54, 1.807) is 0 Å². The van der Waals surface area contributed by atoms with Crippen molar-refractivity contribution in [2.45, 2.75) is 33.2 Å². The Bertz CT molecular complexity index is 700. The van der Waals surface area contributed by atoms with E-state index in [9.17, 15) is 0 Å². The second kappa shape index (κ2) is 8.50. The third-order valence-electron chi connectivity index (χ3n) is 4.97. The average Bonchev–Trinajstić information content (AvgIpc) is 3.11. The third kappa shape index (κ3) is 5.31. The number of piperidine rings is 1. The summed E-state index contributed by atoms with van der Waals surface area (Å²) >= 11 is 1.85. The Balaban J connectivity index is 1.43. The van der Waals surface area contributed by atoms with Crippen LogP contribution in [0.5, 0.6) is 0 Å². The van der Waals surface area contributed by atoms with Gasteiger partial charge in [0, 0.05) is 23.7 Å². The lowest BCUT2D eigenvalue weighted by atomic mass is 9.97. The summed E-state index contributed by atoms with van der Waals surface area (Å²) in [6.45, 7) is 8.44. The maximum Gasteiger partial charge on any atom is 0.193 e. The van der Waals surface area contributed by atoms with E-state index >= 15 is 0 Å². The summed E-state index contributed by atoms with van der Waals surface area (Å²) < 4.78 is 0. The number of benzene rings is 1. The molecule has 0 aliphatic carbocycles. The molecular formula is C20H28N4S. The number of hydrogen-bond donors (Lipinski definition) is 2. The van der Waals surface area contributed by atoms with Gasteiger partial charge >= 0.3 is 0 Å². The maximum absolute atomic E-state index is 6.06. The zero-order valence-electron chi connectivity index (χ0n) is 15.2. The van der Waals surface area contributed by atoms with Crippen molar-refractivity contribution in [1.29, 1.82) is 0 Å². The SMILES string of the molecule is Cc1ccc(NC(N)=NCC2CCN(Cc3cccs3)CC2)cc1C. The quantitative estimate of drug-likeness (QED) is 0.629. The molecule has 1 fully saturated rings. The molecule has 0 saturated carbocycles. The number of rotatable bonds is 5. The van der Waals surface area contributed by atoms with E-state index in [2.05, 4.69) is 58.7 Å². The number of anilines is 1. The van der Waals surface area contributed by atoms with Gasteiger partial charge in [-0.25, -0.2) is 0 Å². The normalized spacial score (nSPS) is 17.0. The van der Waals surface area contributed by atoms with E-state index in [1.807, 2.05) is 17.4 Å². The van der Waals surface area contributed by atoms with Crippen molar-refractivity contribution in [2.75, 3.05) is 25.0 Å². The van der Waals surface area contributed by atoms with Crippen molar-refractivity contribution < 1.29 is 0 Å². The molecule has 0 spiro atoms. The highest BCUT2D eigenvalue weighted by atomic mass is 32.1. The molecule has 3 rings (SSSR count). The van der Waals surface area contributed by atoms with Gasteiger partial charge in [-0.05, 0) is 80.4 Å². The molecule has 1 aromatic heterocycles. The molecule has 1 aliphatic heterocycles. The number of aliphatic imine (C=N–C) groups is 1. The third-order valence-corrected chi connectivity index (χ3v) is 5.83. The van der Waals surface area contributed by atoms with Gasteiger partial charge in [-0.3, -0.25) is 9.89 Å². The summed E-state index contributed by atoms with van der Waals surface area (Å²) in [6.07, 6.45) is 2.40. The molecule has 0 amide bonds. The van der Waals surface area contributed by atoms with Crippen molar-refractivity contribution in [1.82, 2.24) is 4.90 Å². The minimum Gasteiger partial charge on any atom is -0.370 e. The Morgan fingerprint density at radius 2 is 2.04 bits per heavy atom. The lowest BCUT2D eigenvalue weighted by Gasteiger charge is -2.30. The maximum atomic E-state index is 6.06. The molecule has 3 N–H and O–H groups in total. The summed E-state index contributed by atoms with van der Waals surface area (Å²) in [7, 11) is 0. The number of likely N-dealkylation sites (tertiary alicyclic amines) is 1. The number of hydrogen-bond acceptors (Lipinski definition) is 3. The molecular weight excluding hydrogens is 328 g/mol. The van der Waals surface area contributed by atoms with Crippen LogP contribution in [0.15, 0.2) is 40.7 Å². The summed E-state index contributed by atoms with van der Waals surface area (Å²) in [5, 5.41) is 5.36. The molecule has 134 valence electrons. The van der Waals surface area contributed by atoms with Gasteiger partial charge in [0.1, 0.15) is 0 Å². The van der Waals surface area contributed by atoms with Crippen molar-refractivity contribution in [3.05, 3.63) is 51.7 Å². The van der Waals surface area contributed by atoms with Crippen LogP contribution in [0, 0.1) is 19.8 Å². The zero-order valence-corrected chi connectivity index (χ0v) is 16.0. The standard InChI is InChI=1S/C20H28N4S/c1-15-5-6-18(12-16(15)2)23-20(21)22-13-17-7-9-24(10-8-17)14-19-4-3-11-25-19/h3-6,11-12,17H,7-10,13-14H2,1-2H3,(H3,21,22,23). The van der Waals surface area contributed by atoms with E-state index in [0.29, 0.717) is 11.9 Å². The van der Waals surface area contributed by atoms with Crippen molar-refractivity contribution >= 4 is 23.0 Å². The fraction of sp³-hybridized carbons (Fsp3) is 0.450. The zero-order chi connectivity index (χ0) is 17.6. The van der Waals surface area contributed by atoms with E-state index in [1.165, 1.54) is 28.8 Å². The fourth-order valence-corrected chi connectivity index (χ4v) is 3.93. The van der Waals surface area contributed by atoms with Crippen molar-refractivity contribution in [3.8, 4) is 0 Å². The Morgan fingerprint density at radius 3 is 2.72 bits per heavy atom. The Hall–Kier alpha value is -1.85. The van der Waals surface area contributed by atoms with Gasteiger partial charge in [0.15, 0.2) is 5.96 Å². The van der Waals surface area contributed by atoms with Crippen LogP contribution < -0.4 is 11.1 Å². The number of thiophene rings is 1. The van der Waals surface area contributed by atoms with E-state index < -0.39 is 0 Å². The van der Waals surface area contributed by atoms with Crippen molar-refractivity contribution in [2.24, 2.45) is 16.6 Å². The Labute approximate surface area is 154 Å². The molecule has 1 aliphatic rings. The highest BCUT2D eigenvalue weighted by Crippen LogP contribution is 2.21. The molecule has 0 unspecified atom stereocenters. The van der Waals surface area contributed by atoms with Crippen LogP contribution in [0.2, 0.25) is 0 Å². The predicted octanol–water partition coefficient (Wildman–Crippen LogP) is 4.00. The summed E-state index contributed by atoms with van der Waals surface area (Å²) in [5.74, 6) is 1.16. The Morgan fingerprint density at radius 1 is 1.24 bits per heavy atom. The second-order valence-corrected chi connectivity index (χ2v) is 7.98. The lowest BCUT2D eigenvalue weighted by Crippen LogP contribution is -2.34. The van der Waals surface area contributed by atoms with Gasteiger partial charge in [-0.2, -0.15) is 0 Å². The number of aryl methyl sites for hydroxylation is 2. The molecule has 0 bridgehead atoms. The van der Waals surface area contributed by atoms with Gasteiger partial charge < -0.3 is 11.1 Å².